The van der Waals surface area contributed by atoms with E-state index in [4.69, 9.17) is 0 Å². The number of alkyl halides is 1. The summed E-state index contributed by atoms with van der Waals surface area (Å²) in [7, 11) is 0. The lowest BCUT2D eigenvalue weighted by atomic mass is 10.0. The Morgan fingerprint density at radius 1 is 1.35 bits per heavy atom. The highest BCUT2D eigenvalue weighted by molar-refractivity contribution is 9.09. The Labute approximate surface area is 123 Å². The number of hydrogen-bond donors (Lipinski definition) is 0. The minimum Gasteiger partial charge on any atom is -0.292 e. The van der Waals surface area contributed by atoms with E-state index in [0.29, 0.717) is 11.9 Å². The zero-order valence-corrected chi connectivity index (χ0v) is 12.1. The van der Waals surface area contributed by atoms with Gasteiger partial charge in [0.2, 0.25) is 0 Å². The van der Waals surface area contributed by atoms with Crippen molar-refractivity contribution in [2.45, 2.75) is 12.5 Å². The molecule has 0 aliphatic carbocycles. The molecule has 1 heterocycles. The number of hydrogen-bond acceptors (Lipinski definition) is 4. The van der Waals surface area contributed by atoms with Gasteiger partial charge in [-0.2, -0.15) is 4.98 Å². The van der Waals surface area contributed by atoms with Gasteiger partial charge in [0.1, 0.15) is 6.20 Å². The summed E-state index contributed by atoms with van der Waals surface area (Å²) in [4.78, 5) is 25.4. The molecule has 0 saturated heterocycles. The summed E-state index contributed by atoms with van der Waals surface area (Å²) in [5.74, 6) is 0.0395. The maximum Gasteiger partial charge on any atom is 0.347 e. The lowest BCUT2D eigenvalue weighted by molar-refractivity contribution is -0.385. The van der Waals surface area contributed by atoms with Gasteiger partial charge in [-0.05, 0) is 5.56 Å². The van der Waals surface area contributed by atoms with Crippen LogP contribution in [0.15, 0.2) is 47.5 Å². The van der Waals surface area contributed by atoms with Crippen LogP contribution < -0.4 is 5.69 Å². The summed E-state index contributed by atoms with van der Waals surface area (Å²) < 4.78 is 1.27. The molecule has 0 aliphatic heterocycles. The van der Waals surface area contributed by atoms with E-state index < -0.39 is 10.6 Å². The number of benzene rings is 1. The zero-order chi connectivity index (χ0) is 14.5. The first-order valence-corrected chi connectivity index (χ1v) is 7.05. The second-order valence-electron chi connectivity index (χ2n) is 4.27. The summed E-state index contributed by atoms with van der Waals surface area (Å²) >= 11 is 3.41. The van der Waals surface area contributed by atoms with Crippen molar-refractivity contribution in [2.24, 2.45) is 0 Å². The standard InChI is InChI=1S/C13H12BrN3O3/c14-6-11(10-4-2-1-3-5-10)8-16-9-12(17(19)20)7-15-13(16)18/h1-5,7,9,11H,6,8H2. The van der Waals surface area contributed by atoms with Gasteiger partial charge in [0.25, 0.3) is 0 Å². The van der Waals surface area contributed by atoms with E-state index in [1.807, 2.05) is 30.3 Å². The fourth-order valence-corrected chi connectivity index (χ4v) is 2.45. The Bertz CT molecular complexity index is 657. The van der Waals surface area contributed by atoms with E-state index in [1.165, 1.54) is 10.8 Å². The van der Waals surface area contributed by atoms with Crippen molar-refractivity contribution in [3.8, 4) is 0 Å². The molecule has 0 bridgehead atoms. The largest absolute Gasteiger partial charge is 0.347 e. The van der Waals surface area contributed by atoms with Crippen LogP contribution in [-0.2, 0) is 6.54 Å². The van der Waals surface area contributed by atoms with Crippen molar-refractivity contribution in [2.75, 3.05) is 5.33 Å². The topological polar surface area (TPSA) is 78.0 Å². The molecule has 0 amide bonds. The normalized spacial score (nSPS) is 12.1. The molecule has 1 unspecified atom stereocenters. The van der Waals surface area contributed by atoms with E-state index in [0.717, 1.165) is 11.8 Å². The van der Waals surface area contributed by atoms with E-state index in [-0.39, 0.29) is 11.6 Å². The molecule has 1 atom stereocenters. The molecule has 0 N–H and O–H groups in total. The van der Waals surface area contributed by atoms with Gasteiger partial charge in [0.05, 0.1) is 11.1 Å². The van der Waals surface area contributed by atoms with Gasteiger partial charge in [-0.1, -0.05) is 46.3 Å². The van der Waals surface area contributed by atoms with Gasteiger partial charge < -0.3 is 0 Å². The van der Waals surface area contributed by atoms with Crippen LogP contribution in [0.5, 0.6) is 0 Å². The van der Waals surface area contributed by atoms with Crippen molar-refractivity contribution in [1.82, 2.24) is 9.55 Å². The Hall–Kier alpha value is -2.02. The maximum absolute atomic E-state index is 11.7. The molecule has 0 aliphatic rings. The summed E-state index contributed by atoms with van der Waals surface area (Å²) in [6.45, 7) is 0.336. The number of rotatable bonds is 5. The predicted octanol–water partition coefficient (Wildman–Crippen LogP) is 2.33. The fraction of sp³-hybridized carbons (Fsp3) is 0.231. The van der Waals surface area contributed by atoms with Gasteiger partial charge in [0.15, 0.2) is 0 Å². The molecule has 0 fully saturated rings. The molecule has 104 valence electrons. The van der Waals surface area contributed by atoms with E-state index >= 15 is 0 Å². The molecule has 0 radical (unpaired) electrons. The quantitative estimate of drug-likeness (QED) is 0.476. The molecule has 2 rings (SSSR count). The number of halogens is 1. The average Bonchev–Trinajstić information content (AvgIpc) is 2.47. The van der Waals surface area contributed by atoms with Crippen molar-refractivity contribution < 1.29 is 4.92 Å². The summed E-state index contributed by atoms with van der Waals surface area (Å²) in [5, 5.41) is 11.4. The highest BCUT2D eigenvalue weighted by atomic mass is 79.9. The number of nitro groups is 1. The molecule has 0 saturated carbocycles. The fourth-order valence-electron chi connectivity index (χ4n) is 1.87. The Balaban J connectivity index is 2.30. The van der Waals surface area contributed by atoms with E-state index in [1.54, 1.807) is 0 Å². The first kappa shape index (κ1) is 14.4. The third kappa shape index (κ3) is 3.30. The summed E-state index contributed by atoms with van der Waals surface area (Å²) in [6, 6.07) is 9.66. The lowest BCUT2D eigenvalue weighted by Gasteiger charge is -2.15. The molecule has 20 heavy (non-hydrogen) atoms. The Morgan fingerprint density at radius 3 is 2.65 bits per heavy atom. The summed E-state index contributed by atoms with van der Waals surface area (Å²) in [6.07, 6.45) is 2.21. The van der Waals surface area contributed by atoms with Crippen LogP contribution in [0.1, 0.15) is 11.5 Å². The van der Waals surface area contributed by atoms with Gasteiger partial charge in [-0.25, -0.2) is 4.79 Å². The molecular weight excluding hydrogens is 326 g/mol. The van der Waals surface area contributed by atoms with Crippen molar-refractivity contribution >= 4 is 21.6 Å². The third-order valence-electron chi connectivity index (χ3n) is 2.93. The van der Waals surface area contributed by atoms with Gasteiger partial charge >= 0.3 is 11.4 Å². The van der Waals surface area contributed by atoms with Crippen LogP contribution in [0.3, 0.4) is 0 Å². The number of aromatic nitrogens is 2. The second kappa shape index (κ2) is 6.42. The zero-order valence-electron chi connectivity index (χ0n) is 10.5. The van der Waals surface area contributed by atoms with Crippen LogP contribution in [-0.4, -0.2) is 19.8 Å². The van der Waals surface area contributed by atoms with Gasteiger partial charge in [-0.15, -0.1) is 0 Å². The molecule has 6 nitrogen and oxygen atoms in total. The Morgan fingerprint density at radius 2 is 2.05 bits per heavy atom. The van der Waals surface area contributed by atoms with Crippen LogP contribution in [0.2, 0.25) is 0 Å². The van der Waals surface area contributed by atoms with Crippen molar-refractivity contribution in [3.05, 3.63) is 68.9 Å². The van der Waals surface area contributed by atoms with Crippen LogP contribution >= 0.6 is 15.9 Å². The Kier molecular flexibility index (Phi) is 4.62. The first-order valence-electron chi connectivity index (χ1n) is 5.93. The smallest absolute Gasteiger partial charge is 0.292 e. The highest BCUT2D eigenvalue weighted by Crippen LogP contribution is 2.20. The van der Waals surface area contributed by atoms with Gasteiger partial charge in [-0.3, -0.25) is 14.7 Å². The molecule has 2 aromatic rings. The second-order valence-corrected chi connectivity index (χ2v) is 4.91. The molecular formula is C13H12BrN3O3. The number of nitrogens with zero attached hydrogens (tertiary/aromatic N) is 3. The maximum atomic E-state index is 11.7. The third-order valence-corrected chi connectivity index (χ3v) is 3.71. The summed E-state index contributed by atoms with van der Waals surface area (Å²) in [5.41, 5.74) is 0.381. The highest BCUT2D eigenvalue weighted by Gasteiger charge is 2.14. The van der Waals surface area contributed by atoms with Gasteiger partial charge in [0, 0.05) is 17.8 Å². The first-order chi connectivity index (χ1) is 9.61. The van der Waals surface area contributed by atoms with E-state index in [2.05, 4.69) is 20.9 Å². The molecule has 1 aromatic heterocycles. The SMILES string of the molecule is O=c1ncc([N+](=O)[O-])cn1CC(CBr)c1ccccc1. The molecule has 1 aromatic carbocycles. The minimum absolute atomic E-state index is 0.0395. The molecule has 7 heteroatoms. The van der Waals surface area contributed by atoms with E-state index in [9.17, 15) is 14.9 Å². The molecule has 0 spiro atoms. The van der Waals surface area contributed by atoms with Crippen LogP contribution in [0.4, 0.5) is 5.69 Å². The minimum atomic E-state index is -0.561. The monoisotopic (exact) mass is 337 g/mol. The van der Waals surface area contributed by atoms with Crippen LogP contribution in [0.25, 0.3) is 0 Å². The predicted molar refractivity (Wildman–Crippen MR) is 78.1 cm³/mol. The average molecular weight is 338 g/mol. The van der Waals surface area contributed by atoms with Crippen molar-refractivity contribution in [1.29, 1.82) is 0 Å². The van der Waals surface area contributed by atoms with Crippen molar-refractivity contribution in [3.63, 3.8) is 0 Å². The lowest BCUT2D eigenvalue weighted by Crippen LogP contribution is -2.25. The van der Waals surface area contributed by atoms with Crippen LogP contribution in [0, 0.1) is 10.1 Å².